The lowest BCUT2D eigenvalue weighted by atomic mass is 9.92. The second-order valence-electron chi connectivity index (χ2n) is 6.42. The second-order valence-corrected chi connectivity index (χ2v) is 6.42. The van der Waals surface area contributed by atoms with Gasteiger partial charge in [-0.1, -0.05) is 45.0 Å². The van der Waals surface area contributed by atoms with Crippen LogP contribution in [0.1, 0.15) is 50.8 Å². The van der Waals surface area contributed by atoms with E-state index in [0.29, 0.717) is 12.0 Å². The Balaban J connectivity index is 1.94. The molecule has 1 heterocycles. The van der Waals surface area contributed by atoms with E-state index in [0.717, 1.165) is 18.9 Å². The molecule has 0 radical (unpaired) electrons. The van der Waals surface area contributed by atoms with Crippen molar-refractivity contribution in [1.82, 2.24) is 10.6 Å². The molecule has 1 unspecified atom stereocenters. The molecule has 1 fully saturated rings. The zero-order valence-corrected chi connectivity index (χ0v) is 13.3. The molecule has 20 heavy (non-hydrogen) atoms. The fraction of sp³-hybridized carbons (Fsp3) is 0.667. The van der Waals surface area contributed by atoms with Gasteiger partial charge in [-0.3, -0.25) is 0 Å². The summed E-state index contributed by atoms with van der Waals surface area (Å²) in [7, 11) is 0. The van der Waals surface area contributed by atoms with Gasteiger partial charge in [0.1, 0.15) is 0 Å². The molecule has 1 aliphatic heterocycles. The minimum absolute atomic E-state index is 0.482. The Kier molecular flexibility index (Phi) is 6.06. The van der Waals surface area contributed by atoms with E-state index in [2.05, 4.69) is 55.7 Å². The Bertz CT molecular complexity index is 377. The molecule has 2 rings (SSSR count). The molecule has 0 saturated carbocycles. The summed E-state index contributed by atoms with van der Waals surface area (Å²) in [6.07, 6.45) is 3.74. The van der Waals surface area contributed by atoms with E-state index >= 15 is 0 Å². The SMILES string of the molecule is CCc1ccc(C(NCC2CCNCC2)C(C)C)cc1. The molecule has 0 bridgehead atoms. The number of rotatable bonds is 6. The van der Waals surface area contributed by atoms with Gasteiger partial charge in [0.15, 0.2) is 0 Å². The maximum absolute atomic E-state index is 3.81. The third kappa shape index (κ3) is 4.32. The summed E-state index contributed by atoms with van der Waals surface area (Å²) in [5, 5.41) is 7.26. The molecular formula is C18H30N2. The minimum Gasteiger partial charge on any atom is -0.317 e. The first kappa shape index (κ1) is 15.5. The van der Waals surface area contributed by atoms with Crippen LogP contribution in [0.2, 0.25) is 0 Å². The van der Waals surface area contributed by atoms with Crippen LogP contribution in [0.5, 0.6) is 0 Å². The maximum atomic E-state index is 3.81. The lowest BCUT2D eigenvalue weighted by molar-refractivity contribution is 0.317. The standard InChI is InChI=1S/C18H30N2/c1-4-15-5-7-17(8-6-15)18(14(2)3)20-13-16-9-11-19-12-10-16/h5-8,14,16,18-20H,4,9-13H2,1-3H3. The van der Waals surface area contributed by atoms with Crippen LogP contribution in [-0.4, -0.2) is 19.6 Å². The lowest BCUT2D eigenvalue weighted by Gasteiger charge is -2.28. The average Bonchev–Trinajstić information content (AvgIpc) is 2.49. The largest absolute Gasteiger partial charge is 0.317 e. The summed E-state index contributed by atoms with van der Waals surface area (Å²) in [5.41, 5.74) is 2.86. The zero-order chi connectivity index (χ0) is 14.4. The smallest absolute Gasteiger partial charge is 0.0343 e. The van der Waals surface area contributed by atoms with E-state index in [9.17, 15) is 0 Å². The van der Waals surface area contributed by atoms with Crippen molar-refractivity contribution in [3.8, 4) is 0 Å². The fourth-order valence-electron chi connectivity index (χ4n) is 3.08. The number of hydrogen-bond donors (Lipinski definition) is 2. The molecule has 1 saturated heterocycles. The molecule has 2 N–H and O–H groups in total. The van der Waals surface area contributed by atoms with Crippen LogP contribution >= 0.6 is 0 Å². The highest BCUT2D eigenvalue weighted by atomic mass is 14.9. The summed E-state index contributed by atoms with van der Waals surface area (Å²) >= 11 is 0. The third-order valence-corrected chi connectivity index (χ3v) is 4.50. The molecule has 1 aromatic rings. The van der Waals surface area contributed by atoms with Crippen molar-refractivity contribution in [2.75, 3.05) is 19.6 Å². The van der Waals surface area contributed by atoms with Gasteiger partial charge in [0.2, 0.25) is 0 Å². The number of piperidine rings is 1. The molecule has 1 aliphatic rings. The minimum atomic E-state index is 0.482. The Morgan fingerprint density at radius 1 is 1.15 bits per heavy atom. The summed E-state index contributed by atoms with van der Waals surface area (Å²) in [4.78, 5) is 0. The number of aryl methyl sites for hydroxylation is 1. The molecule has 1 atom stereocenters. The van der Waals surface area contributed by atoms with Crippen molar-refractivity contribution in [2.45, 2.75) is 46.1 Å². The fourth-order valence-corrected chi connectivity index (χ4v) is 3.08. The number of nitrogens with one attached hydrogen (secondary N) is 2. The molecule has 0 aliphatic carbocycles. The molecular weight excluding hydrogens is 244 g/mol. The predicted octanol–water partition coefficient (Wildman–Crippen LogP) is 3.54. The van der Waals surface area contributed by atoms with Gasteiger partial charge < -0.3 is 10.6 Å². The highest BCUT2D eigenvalue weighted by Crippen LogP contribution is 2.23. The topological polar surface area (TPSA) is 24.1 Å². The summed E-state index contributed by atoms with van der Waals surface area (Å²) < 4.78 is 0. The van der Waals surface area contributed by atoms with Crippen LogP contribution in [0.25, 0.3) is 0 Å². The molecule has 112 valence electrons. The van der Waals surface area contributed by atoms with Gasteiger partial charge in [-0.05, 0) is 61.9 Å². The van der Waals surface area contributed by atoms with Gasteiger partial charge in [0.05, 0.1) is 0 Å². The van der Waals surface area contributed by atoms with Crippen molar-refractivity contribution in [2.24, 2.45) is 11.8 Å². The van der Waals surface area contributed by atoms with E-state index in [1.54, 1.807) is 0 Å². The lowest BCUT2D eigenvalue weighted by Crippen LogP contribution is -2.36. The summed E-state index contributed by atoms with van der Waals surface area (Å²) in [6.45, 7) is 10.4. The normalized spacial score (nSPS) is 18.4. The van der Waals surface area contributed by atoms with Crippen LogP contribution in [0.4, 0.5) is 0 Å². The maximum Gasteiger partial charge on any atom is 0.0343 e. The van der Waals surface area contributed by atoms with E-state index in [1.165, 1.54) is 37.1 Å². The molecule has 0 spiro atoms. The second kappa shape index (κ2) is 7.80. The van der Waals surface area contributed by atoms with E-state index < -0.39 is 0 Å². The molecule has 1 aromatic carbocycles. The Morgan fingerprint density at radius 3 is 2.35 bits per heavy atom. The average molecular weight is 274 g/mol. The van der Waals surface area contributed by atoms with Crippen molar-refractivity contribution >= 4 is 0 Å². The van der Waals surface area contributed by atoms with Gasteiger partial charge >= 0.3 is 0 Å². The highest BCUT2D eigenvalue weighted by molar-refractivity contribution is 5.25. The quantitative estimate of drug-likeness (QED) is 0.829. The molecule has 2 heteroatoms. The molecule has 0 amide bonds. The summed E-state index contributed by atoms with van der Waals surface area (Å²) in [6, 6.07) is 9.64. The van der Waals surface area contributed by atoms with Crippen LogP contribution < -0.4 is 10.6 Å². The zero-order valence-electron chi connectivity index (χ0n) is 13.3. The van der Waals surface area contributed by atoms with Crippen LogP contribution in [0.3, 0.4) is 0 Å². The Hall–Kier alpha value is -0.860. The van der Waals surface area contributed by atoms with Gasteiger partial charge in [0.25, 0.3) is 0 Å². The Morgan fingerprint density at radius 2 is 1.80 bits per heavy atom. The van der Waals surface area contributed by atoms with Gasteiger partial charge in [-0.2, -0.15) is 0 Å². The number of hydrogen-bond acceptors (Lipinski definition) is 2. The van der Waals surface area contributed by atoms with Crippen LogP contribution in [0, 0.1) is 11.8 Å². The first-order valence-corrected chi connectivity index (χ1v) is 8.23. The molecule has 0 aromatic heterocycles. The van der Waals surface area contributed by atoms with Crippen molar-refractivity contribution < 1.29 is 0 Å². The first-order chi connectivity index (χ1) is 9.70. The number of benzene rings is 1. The van der Waals surface area contributed by atoms with Crippen molar-refractivity contribution in [3.63, 3.8) is 0 Å². The summed E-state index contributed by atoms with van der Waals surface area (Å²) in [5.74, 6) is 1.47. The van der Waals surface area contributed by atoms with Gasteiger partial charge in [-0.15, -0.1) is 0 Å². The van der Waals surface area contributed by atoms with Crippen molar-refractivity contribution in [3.05, 3.63) is 35.4 Å². The van der Waals surface area contributed by atoms with Crippen LogP contribution in [0.15, 0.2) is 24.3 Å². The van der Waals surface area contributed by atoms with Gasteiger partial charge in [-0.25, -0.2) is 0 Å². The van der Waals surface area contributed by atoms with E-state index in [4.69, 9.17) is 0 Å². The van der Waals surface area contributed by atoms with Gasteiger partial charge in [0, 0.05) is 6.04 Å². The van der Waals surface area contributed by atoms with E-state index in [1.807, 2.05) is 0 Å². The monoisotopic (exact) mass is 274 g/mol. The first-order valence-electron chi connectivity index (χ1n) is 8.23. The molecule has 2 nitrogen and oxygen atoms in total. The highest BCUT2D eigenvalue weighted by Gasteiger charge is 2.18. The Labute approximate surface area is 124 Å². The predicted molar refractivity (Wildman–Crippen MR) is 87.0 cm³/mol. The third-order valence-electron chi connectivity index (χ3n) is 4.50. The van der Waals surface area contributed by atoms with E-state index in [-0.39, 0.29) is 0 Å². The van der Waals surface area contributed by atoms with Crippen molar-refractivity contribution in [1.29, 1.82) is 0 Å². The van der Waals surface area contributed by atoms with Crippen LogP contribution in [-0.2, 0) is 6.42 Å².